The molecule has 1 heteroatoms. The Kier molecular flexibility index (Phi) is 4.31. The highest BCUT2D eigenvalue weighted by atomic mass is 14.3. The fourth-order valence-corrected chi connectivity index (χ4v) is 2.75. The van der Waals surface area contributed by atoms with Crippen LogP contribution >= 0.6 is 0 Å². The molecular weight excluding hydrogens is 203 g/mol. The molecule has 0 aromatic heterocycles. The predicted molar refractivity (Wildman–Crippen MR) is 78.7 cm³/mol. The van der Waals surface area contributed by atoms with Gasteiger partial charge in [0.2, 0.25) is 0 Å². The molecule has 2 atom stereocenters. The summed E-state index contributed by atoms with van der Waals surface area (Å²) in [5.41, 5.74) is 2.93. The van der Waals surface area contributed by atoms with E-state index in [0.29, 0.717) is 0 Å². The third-order valence-electron chi connectivity index (χ3n) is 4.20. The zero-order chi connectivity index (χ0) is 12.3. The molecule has 0 aromatic rings. The van der Waals surface area contributed by atoms with E-state index in [4.69, 9.17) is 0 Å². The Labute approximate surface area is 107 Å². The van der Waals surface area contributed by atoms with Crippen molar-refractivity contribution in [3.05, 3.63) is 36.4 Å². The van der Waals surface area contributed by atoms with Crippen LogP contribution in [0.1, 0.15) is 51.9 Å². The summed E-state index contributed by atoms with van der Waals surface area (Å²) >= 11 is 0. The topological polar surface area (TPSA) is 0 Å². The Hall–Kier alpha value is -0.715. The highest BCUT2D eigenvalue weighted by molar-refractivity contribution is 6.71. The molecule has 2 unspecified atom stereocenters. The van der Waals surface area contributed by atoms with Gasteiger partial charge in [-0.15, -0.1) is 19.1 Å². The van der Waals surface area contributed by atoms with Gasteiger partial charge in [-0.1, -0.05) is 43.4 Å². The minimum absolute atomic E-state index is 0.737. The van der Waals surface area contributed by atoms with E-state index in [2.05, 4.69) is 32.1 Å². The van der Waals surface area contributed by atoms with Crippen molar-refractivity contribution in [2.75, 3.05) is 0 Å². The summed E-state index contributed by atoms with van der Waals surface area (Å²) in [5, 5.41) is 0. The third-order valence-corrected chi connectivity index (χ3v) is 4.20. The quantitative estimate of drug-likeness (QED) is 0.304. The Morgan fingerprint density at radius 1 is 1.12 bits per heavy atom. The van der Waals surface area contributed by atoms with Gasteiger partial charge < -0.3 is 0 Å². The van der Waals surface area contributed by atoms with Crippen LogP contribution in [0.15, 0.2) is 36.4 Å². The minimum Gasteiger partial charge on any atom is -0.118 e. The largest absolute Gasteiger partial charge is 0.181 e. The van der Waals surface area contributed by atoms with E-state index in [0.717, 1.165) is 18.3 Å². The van der Waals surface area contributed by atoms with Gasteiger partial charge in [0.15, 0.2) is 6.71 Å². The molecule has 0 aromatic carbocycles. The summed E-state index contributed by atoms with van der Waals surface area (Å²) in [5.74, 6) is 4.04. The molecule has 0 nitrogen and oxygen atoms in total. The van der Waals surface area contributed by atoms with Gasteiger partial charge in [0.25, 0.3) is 0 Å². The van der Waals surface area contributed by atoms with Crippen LogP contribution in [0.2, 0.25) is 11.6 Å². The lowest BCUT2D eigenvalue weighted by Crippen LogP contribution is -2.09. The molecule has 0 bridgehead atoms. The van der Waals surface area contributed by atoms with Crippen LogP contribution in [0.25, 0.3) is 0 Å². The lowest BCUT2D eigenvalue weighted by Gasteiger charge is -2.04. The van der Waals surface area contributed by atoms with E-state index >= 15 is 0 Å². The van der Waals surface area contributed by atoms with Gasteiger partial charge in [-0.3, -0.25) is 0 Å². The summed E-state index contributed by atoms with van der Waals surface area (Å²) in [7, 11) is 0. The molecule has 0 N–H and O–H groups in total. The van der Waals surface area contributed by atoms with Crippen molar-refractivity contribution in [2.24, 2.45) is 0 Å². The average Bonchev–Trinajstić information content (AvgIpc) is 3.19. The van der Waals surface area contributed by atoms with Gasteiger partial charge in [0.05, 0.1) is 0 Å². The zero-order valence-electron chi connectivity index (χ0n) is 11.3. The Morgan fingerprint density at radius 3 is 2.18 bits per heavy atom. The first-order valence-electron chi connectivity index (χ1n) is 7.26. The van der Waals surface area contributed by atoms with Crippen LogP contribution in [0.3, 0.4) is 0 Å². The molecule has 2 rings (SSSR count). The maximum Gasteiger partial charge on any atom is 0.181 e. The first-order valence-corrected chi connectivity index (χ1v) is 7.26. The monoisotopic (exact) mass is 228 g/mol. The third kappa shape index (κ3) is 3.62. The maximum absolute atomic E-state index is 4.11. The molecule has 17 heavy (non-hydrogen) atoms. The fraction of sp³-hybridized carbons (Fsp3) is 0.625. The van der Waals surface area contributed by atoms with Crippen molar-refractivity contribution < 1.29 is 0 Å². The number of hydrogen-bond acceptors (Lipinski definition) is 0. The van der Waals surface area contributed by atoms with Crippen molar-refractivity contribution >= 4 is 6.71 Å². The van der Waals surface area contributed by atoms with Gasteiger partial charge in [-0.05, 0) is 37.3 Å². The molecule has 0 aliphatic heterocycles. The molecular formula is C16H25B. The van der Waals surface area contributed by atoms with Crippen molar-refractivity contribution in [1.29, 1.82) is 0 Å². The maximum atomic E-state index is 4.11. The minimum atomic E-state index is 0.737. The predicted octanol–water partition coefficient (Wildman–Crippen LogP) is 5.21. The normalized spacial score (nSPS) is 26.6. The van der Waals surface area contributed by atoms with Gasteiger partial charge in [-0.25, -0.2) is 0 Å². The Balaban J connectivity index is 1.72. The van der Waals surface area contributed by atoms with Crippen molar-refractivity contribution in [3.8, 4) is 0 Å². The number of unbranched alkanes of at least 4 members (excludes halogenated alkanes) is 4. The van der Waals surface area contributed by atoms with Gasteiger partial charge >= 0.3 is 0 Å². The Morgan fingerprint density at radius 2 is 1.71 bits per heavy atom. The number of hydrogen-bond donors (Lipinski definition) is 0. The lowest BCUT2D eigenvalue weighted by molar-refractivity contribution is 0.674. The second-order valence-corrected chi connectivity index (χ2v) is 5.79. The fourth-order valence-electron chi connectivity index (χ4n) is 2.75. The van der Waals surface area contributed by atoms with E-state index in [1.54, 1.807) is 0 Å². The first kappa shape index (κ1) is 12.7. The van der Waals surface area contributed by atoms with Gasteiger partial charge in [0, 0.05) is 0 Å². The molecule has 0 amide bonds. The van der Waals surface area contributed by atoms with Crippen LogP contribution in [-0.2, 0) is 0 Å². The number of allylic oxidation sites excluding steroid dienone is 3. The molecule has 0 saturated heterocycles. The van der Waals surface area contributed by atoms with Crippen molar-refractivity contribution in [1.82, 2.24) is 0 Å². The molecule has 0 heterocycles. The first-order chi connectivity index (χ1) is 8.24. The van der Waals surface area contributed by atoms with E-state index in [-0.39, 0.29) is 0 Å². The highest BCUT2D eigenvalue weighted by Gasteiger charge is 2.47. The van der Waals surface area contributed by atoms with Crippen LogP contribution < -0.4 is 0 Å². The summed E-state index contributed by atoms with van der Waals surface area (Å²) in [6.07, 6.45) is 11.6. The van der Waals surface area contributed by atoms with Crippen LogP contribution in [0.4, 0.5) is 0 Å². The highest BCUT2D eigenvalue weighted by Crippen LogP contribution is 2.57. The number of rotatable bonds is 8. The summed E-state index contributed by atoms with van der Waals surface area (Å²) in [6, 6.07) is 0. The molecule has 0 radical (unpaired) electrons. The Bertz CT molecular complexity index is 304. The molecule has 2 fully saturated rings. The second-order valence-electron chi connectivity index (χ2n) is 5.79. The van der Waals surface area contributed by atoms with Crippen molar-refractivity contribution in [2.45, 2.75) is 63.5 Å². The standard InChI is InChI=1S/C16H25B/c1-4-5-6-7-8-9-10-17(15-11-13(15)2)16-12-14(16)3/h9-10,15-16H,2-8,11-12H2,1H3. The lowest BCUT2D eigenvalue weighted by atomic mass is 9.41. The molecule has 2 aliphatic rings. The second kappa shape index (κ2) is 5.75. The van der Waals surface area contributed by atoms with E-state index in [1.807, 2.05) is 0 Å². The van der Waals surface area contributed by atoms with Crippen LogP contribution in [0, 0.1) is 0 Å². The average molecular weight is 228 g/mol. The smallest absolute Gasteiger partial charge is 0.118 e. The molecule has 2 aliphatic carbocycles. The molecule has 92 valence electrons. The van der Waals surface area contributed by atoms with Gasteiger partial charge in [0.1, 0.15) is 0 Å². The van der Waals surface area contributed by atoms with Crippen molar-refractivity contribution in [3.63, 3.8) is 0 Å². The van der Waals surface area contributed by atoms with Gasteiger partial charge in [-0.2, -0.15) is 0 Å². The zero-order valence-corrected chi connectivity index (χ0v) is 11.3. The molecule has 2 saturated carbocycles. The summed E-state index contributed by atoms with van der Waals surface area (Å²) < 4.78 is 0. The SMILES string of the molecule is C=C1CC1B(C=CCCCCCC)C1CC1=C. The summed E-state index contributed by atoms with van der Waals surface area (Å²) in [4.78, 5) is 0. The van der Waals surface area contributed by atoms with Crippen LogP contribution in [-0.4, -0.2) is 6.71 Å². The molecule has 0 spiro atoms. The van der Waals surface area contributed by atoms with E-state index in [1.165, 1.54) is 56.1 Å². The summed E-state index contributed by atoms with van der Waals surface area (Å²) in [6.45, 7) is 11.2. The van der Waals surface area contributed by atoms with Crippen LogP contribution in [0.5, 0.6) is 0 Å². The van der Waals surface area contributed by atoms with E-state index in [9.17, 15) is 0 Å². The van der Waals surface area contributed by atoms with E-state index < -0.39 is 0 Å².